The molecule has 4 nitrogen and oxygen atoms in total. The van der Waals surface area contributed by atoms with E-state index in [1.165, 1.54) is 12.3 Å². The van der Waals surface area contributed by atoms with Crippen LogP contribution >= 0.6 is 10.7 Å². The lowest BCUT2D eigenvalue weighted by molar-refractivity contribution is 0.399. The highest BCUT2D eigenvalue weighted by Crippen LogP contribution is 2.23. The zero-order chi connectivity index (χ0) is 12.2. The number of para-hydroxylation sites is 1. The largest absolute Gasteiger partial charge is 0.400 e. The number of rotatable bonds is 1. The maximum atomic E-state index is 11.2. The van der Waals surface area contributed by atoms with Gasteiger partial charge >= 0.3 is 0 Å². The van der Waals surface area contributed by atoms with Gasteiger partial charge in [-0.2, -0.15) is 0 Å². The van der Waals surface area contributed by atoms with Gasteiger partial charge in [0.2, 0.25) is 0 Å². The molecule has 0 amide bonds. The first-order valence-corrected chi connectivity index (χ1v) is 6.63. The van der Waals surface area contributed by atoms with Gasteiger partial charge in [-0.1, -0.05) is 18.2 Å². The first-order chi connectivity index (χ1) is 7.59. The van der Waals surface area contributed by atoms with E-state index in [9.17, 15) is 8.42 Å². The highest BCUT2D eigenvalue weighted by atomic mass is 35.7. The third kappa shape index (κ3) is 2.69. The lowest BCUT2D eigenvalue weighted by Crippen LogP contribution is -1.93. The van der Waals surface area contributed by atoms with Gasteiger partial charge in [0.1, 0.15) is 4.90 Å². The van der Waals surface area contributed by atoms with Gasteiger partial charge in [-0.15, -0.1) is 0 Å². The van der Waals surface area contributed by atoms with Crippen molar-refractivity contribution in [3.63, 3.8) is 0 Å². The minimum absolute atomic E-state index is 0.0530. The predicted octanol–water partition coefficient (Wildman–Crippen LogP) is 1.77. The second-order valence-corrected chi connectivity index (χ2v) is 5.30. The summed E-state index contributed by atoms with van der Waals surface area (Å²) in [5.41, 5.74) is 0.407. The molecule has 0 atom stereocenters. The predicted molar refractivity (Wildman–Crippen MR) is 62.9 cm³/mol. The van der Waals surface area contributed by atoms with Crippen molar-refractivity contribution >= 4 is 30.6 Å². The fourth-order valence-corrected chi connectivity index (χ4v) is 2.29. The van der Waals surface area contributed by atoms with Crippen molar-refractivity contribution in [2.75, 3.05) is 7.11 Å². The Balaban J connectivity index is 0.000000606. The molecule has 0 saturated carbocycles. The van der Waals surface area contributed by atoms with Crippen molar-refractivity contribution in [1.29, 1.82) is 0 Å². The van der Waals surface area contributed by atoms with Crippen LogP contribution < -0.4 is 0 Å². The average Bonchev–Trinajstić information content (AvgIpc) is 2.30. The number of pyridine rings is 1. The number of hydrogen-bond donors (Lipinski definition) is 1. The number of hydrogen-bond acceptors (Lipinski definition) is 4. The summed E-state index contributed by atoms with van der Waals surface area (Å²) in [5, 5.41) is 7.76. The van der Waals surface area contributed by atoms with Crippen molar-refractivity contribution in [2.24, 2.45) is 0 Å². The lowest BCUT2D eigenvalue weighted by Gasteiger charge is -2.00. The van der Waals surface area contributed by atoms with E-state index in [2.05, 4.69) is 4.98 Å². The Kier molecular flexibility index (Phi) is 4.23. The van der Waals surface area contributed by atoms with E-state index in [0.29, 0.717) is 5.52 Å². The van der Waals surface area contributed by atoms with Gasteiger partial charge in [0.05, 0.1) is 5.52 Å². The molecule has 16 heavy (non-hydrogen) atoms. The molecule has 0 spiro atoms. The summed E-state index contributed by atoms with van der Waals surface area (Å²) in [6.45, 7) is 0. The number of aliphatic hydroxyl groups excluding tert-OH is 1. The first kappa shape index (κ1) is 12.9. The lowest BCUT2D eigenvalue weighted by atomic mass is 10.2. The highest BCUT2D eigenvalue weighted by Gasteiger charge is 2.13. The van der Waals surface area contributed by atoms with E-state index in [4.69, 9.17) is 15.8 Å². The van der Waals surface area contributed by atoms with Crippen molar-refractivity contribution in [3.8, 4) is 0 Å². The van der Waals surface area contributed by atoms with Gasteiger partial charge in [-0.3, -0.25) is 4.98 Å². The van der Waals surface area contributed by atoms with Crippen LogP contribution in [0.4, 0.5) is 0 Å². The molecule has 2 rings (SSSR count). The van der Waals surface area contributed by atoms with Crippen molar-refractivity contribution in [3.05, 3.63) is 36.5 Å². The molecule has 0 aliphatic rings. The number of nitrogens with zero attached hydrogens (tertiary/aromatic N) is 1. The van der Waals surface area contributed by atoms with Crippen LogP contribution in [-0.4, -0.2) is 25.6 Å². The quantitative estimate of drug-likeness (QED) is 0.793. The molecule has 0 aliphatic carbocycles. The Labute approximate surface area is 97.9 Å². The summed E-state index contributed by atoms with van der Waals surface area (Å²) in [4.78, 5) is 4.04. The van der Waals surface area contributed by atoms with Crippen LogP contribution in [-0.2, 0) is 9.05 Å². The molecule has 1 aromatic carbocycles. The number of benzene rings is 1. The summed E-state index contributed by atoms with van der Waals surface area (Å²) in [5.74, 6) is 0. The van der Waals surface area contributed by atoms with E-state index in [0.717, 1.165) is 12.5 Å². The minimum atomic E-state index is -3.72. The van der Waals surface area contributed by atoms with Crippen molar-refractivity contribution in [2.45, 2.75) is 4.90 Å². The zero-order valence-electron chi connectivity index (χ0n) is 8.46. The molecule has 0 bridgehead atoms. The maximum Gasteiger partial charge on any atom is 0.263 e. The van der Waals surface area contributed by atoms with Crippen LogP contribution in [0.25, 0.3) is 10.9 Å². The molecular formula is C10H10ClNO3S. The Morgan fingerprint density at radius 2 is 1.81 bits per heavy atom. The molecule has 1 heterocycles. The molecule has 86 valence electrons. The van der Waals surface area contributed by atoms with E-state index < -0.39 is 9.05 Å². The summed E-state index contributed by atoms with van der Waals surface area (Å²) >= 11 is 0. The Bertz CT molecular complexity index is 578. The van der Waals surface area contributed by atoms with Crippen LogP contribution in [0.5, 0.6) is 0 Å². The second-order valence-electron chi connectivity index (χ2n) is 2.77. The van der Waals surface area contributed by atoms with Crippen LogP contribution in [0.1, 0.15) is 0 Å². The third-order valence-electron chi connectivity index (χ3n) is 1.86. The minimum Gasteiger partial charge on any atom is -0.400 e. The summed E-state index contributed by atoms with van der Waals surface area (Å²) in [6, 6.07) is 8.39. The molecule has 2 aromatic rings. The number of halogens is 1. The molecule has 1 aromatic heterocycles. The molecule has 0 unspecified atom stereocenters. The van der Waals surface area contributed by atoms with E-state index >= 15 is 0 Å². The fraction of sp³-hybridized carbons (Fsp3) is 0.100. The van der Waals surface area contributed by atoms with Gasteiger partial charge in [-0.05, 0) is 12.1 Å². The summed E-state index contributed by atoms with van der Waals surface area (Å²) in [6.07, 6.45) is 1.54. The number of fused-ring (bicyclic) bond motifs is 1. The van der Waals surface area contributed by atoms with Gasteiger partial charge in [0, 0.05) is 29.4 Å². The van der Waals surface area contributed by atoms with Gasteiger partial charge in [0.15, 0.2) is 0 Å². The summed E-state index contributed by atoms with van der Waals surface area (Å²) < 4.78 is 22.3. The van der Waals surface area contributed by atoms with Crippen molar-refractivity contribution < 1.29 is 13.5 Å². The zero-order valence-corrected chi connectivity index (χ0v) is 10.0. The van der Waals surface area contributed by atoms with Crippen LogP contribution in [0, 0.1) is 0 Å². The van der Waals surface area contributed by atoms with Crippen LogP contribution in [0.2, 0.25) is 0 Å². The maximum absolute atomic E-state index is 11.2. The Morgan fingerprint density at radius 1 is 1.19 bits per heavy atom. The third-order valence-corrected chi connectivity index (χ3v) is 3.21. The first-order valence-electron chi connectivity index (χ1n) is 4.32. The van der Waals surface area contributed by atoms with E-state index in [1.54, 1.807) is 24.3 Å². The summed E-state index contributed by atoms with van der Waals surface area (Å²) in [7, 11) is 2.55. The van der Waals surface area contributed by atoms with E-state index in [1.807, 2.05) is 0 Å². The average molecular weight is 260 g/mol. The molecule has 1 N–H and O–H groups in total. The van der Waals surface area contributed by atoms with E-state index in [-0.39, 0.29) is 4.90 Å². The van der Waals surface area contributed by atoms with Gasteiger partial charge in [-0.25, -0.2) is 8.42 Å². The molecular weight excluding hydrogens is 250 g/mol. The molecule has 0 aliphatic heterocycles. The normalized spacial score (nSPS) is 10.7. The standard InChI is InChI=1S/C9H6ClNO2S.CH4O/c10-14(12,13)8-5-1-3-7-4-2-6-11-9(7)8;1-2/h1-6H;2H,1H3. The fourth-order valence-electron chi connectivity index (χ4n) is 1.27. The highest BCUT2D eigenvalue weighted by molar-refractivity contribution is 8.14. The number of aliphatic hydroxyl groups is 1. The van der Waals surface area contributed by atoms with Crippen LogP contribution in [0.15, 0.2) is 41.4 Å². The smallest absolute Gasteiger partial charge is 0.263 e. The second kappa shape index (κ2) is 5.25. The SMILES string of the molecule is CO.O=S(=O)(Cl)c1cccc2cccnc12. The molecule has 0 saturated heterocycles. The number of aromatic nitrogens is 1. The molecule has 0 radical (unpaired) electrons. The van der Waals surface area contributed by atoms with Crippen molar-refractivity contribution in [1.82, 2.24) is 4.98 Å². The van der Waals surface area contributed by atoms with Crippen LogP contribution in [0.3, 0.4) is 0 Å². The Morgan fingerprint density at radius 3 is 2.44 bits per heavy atom. The topological polar surface area (TPSA) is 67.3 Å². The van der Waals surface area contributed by atoms with Gasteiger partial charge < -0.3 is 5.11 Å². The molecule has 6 heteroatoms. The van der Waals surface area contributed by atoms with Gasteiger partial charge in [0.25, 0.3) is 9.05 Å². The molecule has 0 fully saturated rings. The monoisotopic (exact) mass is 259 g/mol. The Hall–Kier alpha value is -1.17.